The van der Waals surface area contributed by atoms with Crippen LogP contribution in [-0.4, -0.2) is 39.5 Å². The summed E-state index contributed by atoms with van der Waals surface area (Å²) in [5.41, 5.74) is 18.2. The van der Waals surface area contributed by atoms with Gasteiger partial charge in [0.25, 0.3) is 0 Å². The number of benzene rings is 9. The quantitative estimate of drug-likeness (QED) is 0.140. The molecule has 16 aromatic rings. The lowest BCUT2D eigenvalue weighted by Gasteiger charge is -2.16. The van der Waals surface area contributed by atoms with Gasteiger partial charge >= 0.3 is 0 Å². The largest absolute Gasteiger partial charge is 0.292 e. The third kappa shape index (κ3) is 8.12. The summed E-state index contributed by atoms with van der Waals surface area (Å²) in [7, 11) is 0. The second-order valence-corrected chi connectivity index (χ2v) is 20.6. The lowest BCUT2D eigenvalue weighted by atomic mass is 9.93. The van der Waals surface area contributed by atoms with Gasteiger partial charge in [-0.05, 0) is 136 Å². The maximum absolute atomic E-state index is 5.79. The lowest BCUT2D eigenvalue weighted by molar-refractivity contribution is 1.11. The van der Waals surface area contributed by atoms with Gasteiger partial charge in [-0.1, -0.05) is 140 Å². The lowest BCUT2D eigenvalue weighted by Crippen LogP contribution is -1.99. The monoisotopic (exact) mass is 1030 g/mol. The normalized spacial score (nSPS) is 11.7. The van der Waals surface area contributed by atoms with E-state index in [-0.39, 0.29) is 0 Å². The molecule has 0 atom stereocenters. The van der Waals surface area contributed by atoms with Crippen molar-refractivity contribution < 1.29 is 0 Å². The Hall–Kier alpha value is -11.1. The molecule has 0 saturated carbocycles. The number of para-hydroxylation sites is 5. The van der Waals surface area contributed by atoms with E-state index < -0.39 is 0 Å². The van der Waals surface area contributed by atoms with Crippen molar-refractivity contribution in [2.45, 2.75) is 0 Å². The fraction of sp³-hybridized carbons (Fsp3) is 0. The van der Waals surface area contributed by atoms with E-state index in [1.165, 1.54) is 5.39 Å². The maximum atomic E-state index is 5.79. The van der Waals surface area contributed by atoms with Crippen molar-refractivity contribution >= 4 is 76.2 Å². The molecule has 9 aromatic carbocycles. The molecule has 0 radical (unpaired) electrons. The maximum Gasteiger partial charge on any atom is 0.145 e. The number of aromatic nitrogens is 8. The first kappa shape index (κ1) is 46.0. The third-order valence-electron chi connectivity index (χ3n) is 15.6. The molecule has 0 aliphatic rings. The van der Waals surface area contributed by atoms with E-state index in [0.29, 0.717) is 0 Å². The second-order valence-electron chi connectivity index (χ2n) is 20.6. The first-order valence-corrected chi connectivity index (χ1v) is 27.1. The molecule has 0 bridgehead atoms. The molecule has 376 valence electrons. The molecule has 0 aliphatic heterocycles. The molecule has 0 amide bonds. The summed E-state index contributed by atoms with van der Waals surface area (Å²) < 4.78 is 2.35. The number of fused-ring (bicyclic) bond motifs is 10. The van der Waals surface area contributed by atoms with Crippen molar-refractivity contribution in [3.8, 4) is 84.4 Å². The highest BCUT2D eigenvalue weighted by molar-refractivity contribution is 6.24. The van der Waals surface area contributed by atoms with E-state index in [4.69, 9.17) is 34.9 Å². The molecular formula is C73H44N8. The smallest absolute Gasteiger partial charge is 0.145 e. The van der Waals surface area contributed by atoms with E-state index in [9.17, 15) is 0 Å². The van der Waals surface area contributed by atoms with Crippen molar-refractivity contribution in [3.63, 3.8) is 0 Å². The Morgan fingerprint density at radius 1 is 0.247 bits per heavy atom. The number of imidazole rings is 1. The minimum atomic E-state index is 0.788. The van der Waals surface area contributed by atoms with E-state index in [2.05, 4.69) is 174 Å². The fourth-order valence-corrected chi connectivity index (χ4v) is 11.6. The summed E-state index contributed by atoms with van der Waals surface area (Å²) in [4.78, 5) is 36.4. The van der Waals surface area contributed by atoms with E-state index in [0.717, 1.165) is 155 Å². The van der Waals surface area contributed by atoms with Crippen molar-refractivity contribution in [3.05, 3.63) is 267 Å². The molecule has 16 rings (SSSR count). The molecule has 0 unspecified atom stereocenters. The summed E-state index contributed by atoms with van der Waals surface area (Å²) in [6, 6.07) is 85.2. The summed E-state index contributed by atoms with van der Waals surface area (Å²) >= 11 is 0. The molecular weight excluding hydrogens is 989 g/mol. The molecule has 7 aromatic heterocycles. The van der Waals surface area contributed by atoms with Crippen LogP contribution in [0.1, 0.15) is 0 Å². The van der Waals surface area contributed by atoms with Crippen LogP contribution in [0.15, 0.2) is 267 Å². The number of nitrogens with zero attached hydrogens (tertiary/aromatic N) is 8. The molecule has 0 spiro atoms. The van der Waals surface area contributed by atoms with Gasteiger partial charge < -0.3 is 0 Å². The fourth-order valence-electron chi connectivity index (χ4n) is 11.6. The predicted molar refractivity (Wildman–Crippen MR) is 331 cm³/mol. The average molecular weight is 1030 g/mol. The Bertz CT molecular complexity index is 4780. The Balaban J connectivity index is 1.000. The standard InChI is InChI=1S/C73H44N8/c1-2-20-58(21-3-1)81-72-62-25-11-9-23-60(62)59-22-8-10-24-61(59)71(72)80-73(81)53-35-49(51-37-67(54-30-45-16-4-12-26-63(45)74-41-54)78-68(38-51)55-31-46-17-5-13-27-64(46)75-42-55)34-50(36-53)52-39-69(56-32-47-18-6-14-28-65(47)76-43-56)79-70(40-52)57-33-48-19-7-15-29-66(48)77-44-57/h1-44H. The van der Waals surface area contributed by atoms with E-state index in [1.807, 2.05) is 97.6 Å². The molecule has 0 saturated heterocycles. The van der Waals surface area contributed by atoms with Crippen molar-refractivity contribution in [1.82, 2.24) is 39.5 Å². The minimum absolute atomic E-state index is 0.788. The van der Waals surface area contributed by atoms with Gasteiger partial charge in [0, 0.05) is 90.6 Å². The second kappa shape index (κ2) is 18.8. The van der Waals surface area contributed by atoms with Gasteiger partial charge in [-0.2, -0.15) is 0 Å². The van der Waals surface area contributed by atoms with Gasteiger partial charge in [0.05, 0.1) is 55.9 Å². The molecule has 0 aliphatic carbocycles. The third-order valence-corrected chi connectivity index (χ3v) is 15.6. The molecule has 8 heteroatoms. The molecule has 8 nitrogen and oxygen atoms in total. The van der Waals surface area contributed by atoms with E-state index >= 15 is 0 Å². The zero-order valence-corrected chi connectivity index (χ0v) is 43.5. The summed E-state index contributed by atoms with van der Waals surface area (Å²) in [5, 5.41) is 8.68. The van der Waals surface area contributed by atoms with Crippen LogP contribution in [0.3, 0.4) is 0 Å². The van der Waals surface area contributed by atoms with Crippen LogP contribution in [0, 0.1) is 0 Å². The highest BCUT2D eigenvalue weighted by atomic mass is 15.1. The summed E-state index contributed by atoms with van der Waals surface area (Å²) in [6.45, 7) is 0. The van der Waals surface area contributed by atoms with Crippen LogP contribution in [0.2, 0.25) is 0 Å². The van der Waals surface area contributed by atoms with Gasteiger partial charge in [-0.15, -0.1) is 0 Å². The Labute approximate surface area is 465 Å². The van der Waals surface area contributed by atoms with Crippen LogP contribution in [0.4, 0.5) is 0 Å². The Kier molecular flexibility index (Phi) is 10.7. The Morgan fingerprint density at radius 2 is 0.580 bits per heavy atom. The van der Waals surface area contributed by atoms with Crippen LogP contribution < -0.4 is 0 Å². The zero-order chi connectivity index (χ0) is 53.4. The van der Waals surface area contributed by atoms with Crippen molar-refractivity contribution in [2.75, 3.05) is 0 Å². The molecule has 81 heavy (non-hydrogen) atoms. The van der Waals surface area contributed by atoms with Gasteiger partial charge in [-0.25, -0.2) is 15.0 Å². The number of pyridine rings is 6. The van der Waals surface area contributed by atoms with Crippen LogP contribution >= 0.6 is 0 Å². The van der Waals surface area contributed by atoms with Crippen molar-refractivity contribution in [2.24, 2.45) is 0 Å². The molecule has 7 heterocycles. The number of rotatable bonds is 8. The van der Waals surface area contributed by atoms with Gasteiger partial charge in [-0.3, -0.25) is 24.5 Å². The Morgan fingerprint density at radius 3 is 1.01 bits per heavy atom. The average Bonchev–Trinajstić information content (AvgIpc) is 4.21. The highest BCUT2D eigenvalue weighted by Crippen LogP contribution is 2.43. The SMILES string of the molecule is c1ccc(-n2c(-c3cc(-c4cc(-c5cnc6ccccc6c5)nc(-c5cnc6ccccc6c5)c4)cc(-c4cc(-c5cnc6ccccc6c5)nc(-c5cnc6ccccc6c5)c4)c3)nc3c4ccccc4c4ccccc4c32)cc1. The summed E-state index contributed by atoms with van der Waals surface area (Å²) in [6.07, 6.45) is 7.72. The summed E-state index contributed by atoms with van der Waals surface area (Å²) in [5.74, 6) is 0.805. The highest BCUT2D eigenvalue weighted by Gasteiger charge is 2.23. The van der Waals surface area contributed by atoms with Crippen LogP contribution in [0.25, 0.3) is 161 Å². The van der Waals surface area contributed by atoms with Gasteiger partial charge in [0.2, 0.25) is 0 Å². The van der Waals surface area contributed by atoms with Gasteiger partial charge in [0.15, 0.2) is 0 Å². The number of hydrogen-bond donors (Lipinski definition) is 0. The zero-order valence-electron chi connectivity index (χ0n) is 43.5. The topological polar surface area (TPSA) is 95.2 Å². The van der Waals surface area contributed by atoms with Crippen molar-refractivity contribution in [1.29, 1.82) is 0 Å². The molecule has 0 N–H and O–H groups in total. The predicted octanol–water partition coefficient (Wildman–Crippen LogP) is 18.0. The first-order valence-electron chi connectivity index (χ1n) is 27.1. The minimum Gasteiger partial charge on any atom is -0.292 e. The number of hydrogen-bond acceptors (Lipinski definition) is 7. The molecule has 0 fully saturated rings. The first-order chi connectivity index (χ1) is 40.1. The van der Waals surface area contributed by atoms with E-state index in [1.54, 1.807) is 0 Å². The van der Waals surface area contributed by atoms with Gasteiger partial charge in [0.1, 0.15) is 5.82 Å². The van der Waals surface area contributed by atoms with Crippen LogP contribution in [-0.2, 0) is 0 Å². The van der Waals surface area contributed by atoms with Crippen LogP contribution in [0.5, 0.6) is 0 Å².